The standard InChI is InChI=1S/C32H63NO10/c1-3-4-5-6-7-8-9-10-11-12-13-14-15-16-17-18-19-41-22-26(36)23-42-24-32(40)20-27(37)29(33-25(2)35)31(43-32)30(39)28(38)21-34/h26-31,34,36-40H,3-24H2,1-2H3,(H,33,35)/t26?,27-,28+,29+,30+,31+,32-/m0/s1. The molecule has 11 nitrogen and oxygen atoms in total. The summed E-state index contributed by atoms with van der Waals surface area (Å²) in [5.41, 5.74) is 0. The molecule has 256 valence electrons. The molecule has 0 aromatic heterocycles. The molecule has 1 heterocycles. The minimum Gasteiger partial charge on any atom is -0.394 e. The fraction of sp³-hybridized carbons (Fsp3) is 0.969. The summed E-state index contributed by atoms with van der Waals surface area (Å²) in [6.45, 7) is 2.72. The van der Waals surface area contributed by atoms with E-state index in [4.69, 9.17) is 14.2 Å². The van der Waals surface area contributed by atoms with E-state index in [0.29, 0.717) is 6.61 Å². The molecular weight excluding hydrogens is 558 g/mol. The number of nitrogens with one attached hydrogen (secondary N) is 1. The van der Waals surface area contributed by atoms with Crippen molar-refractivity contribution < 1.29 is 49.6 Å². The average molecular weight is 622 g/mol. The van der Waals surface area contributed by atoms with Gasteiger partial charge in [-0.25, -0.2) is 0 Å². The summed E-state index contributed by atoms with van der Waals surface area (Å²) in [5.74, 6) is -2.56. The Bertz CT molecular complexity index is 687. The Morgan fingerprint density at radius 3 is 1.84 bits per heavy atom. The Morgan fingerprint density at radius 1 is 0.860 bits per heavy atom. The summed E-state index contributed by atoms with van der Waals surface area (Å²) >= 11 is 0. The molecule has 43 heavy (non-hydrogen) atoms. The normalized spacial score (nSPS) is 24.5. The zero-order chi connectivity index (χ0) is 31.9. The fourth-order valence-electron chi connectivity index (χ4n) is 5.54. The van der Waals surface area contributed by atoms with Crippen molar-refractivity contribution in [1.29, 1.82) is 0 Å². The van der Waals surface area contributed by atoms with Crippen molar-refractivity contribution in [2.45, 2.75) is 165 Å². The fourth-order valence-corrected chi connectivity index (χ4v) is 5.54. The van der Waals surface area contributed by atoms with Crippen LogP contribution in [0.25, 0.3) is 0 Å². The molecule has 1 saturated heterocycles. The van der Waals surface area contributed by atoms with Crippen molar-refractivity contribution in [3.05, 3.63) is 0 Å². The van der Waals surface area contributed by atoms with Gasteiger partial charge in [-0.1, -0.05) is 103 Å². The first-order valence-electron chi connectivity index (χ1n) is 16.8. The lowest BCUT2D eigenvalue weighted by atomic mass is 9.89. The lowest BCUT2D eigenvalue weighted by Gasteiger charge is -2.46. The van der Waals surface area contributed by atoms with E-state index in [9.17, 15) is 35.4 Å². The van der Waals surface area contributed by atoms with Gasteiger partial charge in [0.15, 0.2) is 5.79 Å². The molecule has 1 unspecified atom stereocenters. The molecule has 0 aliphatic carbocycles. The van der Waals surface area contributed by atoms with Crippen molar-refractivity contribution >= 4 is 5.91 Å². The zero-order valence-corrected chi connectivity index (χ0v) is 26.8. The van der Waals surface area contributed by atoms with Crippen molar-refractivity contribution in [1.82, 2.24) is 5.32 Å². The smallest absolute Gasteiger partial charge is 0.217 e. The molecule has 11 heteroatoms. The molecule has 0 saturated carbocycles. The van der Waals surface area contributed by atoms with Crippen LogP contribution in [0.5, 0.6) is 0 Å². The van der Waals surface area contributed by atoms with Crippen molar-refractivity contribution in [3.63, 3.8) is 0 Å². The Morgan fingerprint density at radius 2 is 1.35 bits per heavy atom. The van der Waals surface area contributed by atoms with E-state index in [1.807, 2.05) is 0 Å². The number of carbonyl (C=O) groups is 1. The maximum Gasteiger partial charge on any atom is 0.217 e. The molecule has 0 aromatic carbocycles. The van der Waals surface area contributed by atoms with Crippen LogP contribution in [-0.2, 0) is 19.0 Å². The highest BCUT2D eigenvalue weighted by molar-refractivity contribution is 5.73. The first-order chi connectivity index (χ1) is 20.6. The van der Waals surface area contributed by atoms with Crippen LogP contribution in [0.3, 0.4) is 0 Å². The van der Waals surface area contributed by atoms with Crippen LogP contribution >= 0.6 is 0 Å². The highest BCUT2D eigenvalue weighted by Gasteiger charge is 2.50. The Kier molecular flexibility index (Phi) is 22.7. The molecule has 0 bridgehead atoms. The summed E-state index contributed by atoms with van der Waals surface area (Å²) in [6, 6.07) is -1.13. The molecule has 1 amide bonds. The second kappa shape index (κ2) is 24.4. The van der Waals surface area contributed by atoms with E-state index in [1.54, 1.807) is 0 Å². The molecule has 7 N–H and O–H groups in total. The number of unbranched alkanes of at least 4 members (excludes halogenated alkanes) is 15. The summed E-state index contributed by atoms with van der Waals surface area (Å²) in [7, 11) is 0. The van der Waals surface area contributed by atoms with Crippen molar-refractivity contribution in [3.8, 4) is 0 Å². The van der Waals surface area contributed by atoms with Gasteiger partial charge in [0, 0.05) is 20.0 Å². The first-order valence-corrected chi connectivity index (χ1v) is 16.8. The van der Waals surface area contributed by atoms with Crippen molar-refractivity contribution in [2.75, 3.05) is 33.0 Å². The van der Waals surface area contributed by atoms with Gasteiger partial charge in [0.05, 0.1) is 32.0 Å². The summed E-state index contributed by atoms with van der Waals surface area (Å²) in [4.78, 5) is 11.5. The van der Waals surface area contributed by atoms with Gasteiger partial charge in [0.1, 0.15) is 31.0 Å². The molecular formula is C32H63NO10. The molecule has 1 aliphatic heterocycles. The van der Waals surface area contributed by atoms with Gasteiger partial charge < -0.3 is 50.2 Å². The number of hydrogen-bond acceptors (Lipinski definition) is 10. The maximum absolute atomic E-state index is 11.5. The van der Waals surface area contributed by atoms with Gasteiger partial charge in [-0.05, 0) is 6.42 Å². The van der Waals surface area contributed by atoms with Gasteiger partial charge >= 0.3 is 0 Å². The highest BCUT2D eigenvalue weighted by atomic mass is 16.7. The Hall–Kier alpha value is -0.890. The molecule has 7 atom stereocenters. The number of aliphatic hydroxyl groups is 6. The minimum absolute atomic E-state index is 0.0787. The third kappa shape index (κ3) is 18.6. The number of amides is 1. The molecule has 0 aromatic rings. The van der Waals surface area contributed by atoms with Crippen LogP contribution in [-0.4, -0.2) is 112 Å². The number of rotatable bonds is 27. The first kappa shape index (κ1) is 40.1. The zero-order valence-electron chi connectivity index (χ0n) is 26.8. The van der Waals surface area contributed by atoms with Crippen LogP contribution in [0.2, 0.25) is 0 Å². The maximum atomic E-state index is 11.5. The van der Waals surface area contributed by atoms with Crippen molar-refractivity contribution in [2.24, 2.45) is 0 Å². The third-order valence-corrected chi connectivity index (χ3v) is 8.03. The average Bonchev–Trinajstić information content (AvgIpc) is 2.96. The molecule has 0 spiro atoms. The van der Waals surface area contributed by atoms with Crippen LogP contribution < -0.4 is 5.32 Å². The Labute approximate surface area is 259 Å². The van der Waals surface area contributed by atoms with Gasteiger partial charge in [0.2, 0.25) is 5.91 Å². The monoisotopic (exact) mass is 621 g/mol. The lowest BCUT2D eigenvalue weighted by molar-refractivity contribution is -0.317. The van der Waals surface area contributed by atoms with Crippen LogP contribution in [0, 0.1) is 0 Å². The van der Waals surface area contributed by atoms with E-state index < -0.39 is 61.5 Å². The SMILES string of the molecule is CCCCCCCCCCCCCCCCCCOCC(O)COC[C@]1(O)C[C@H](O)[C@@H](NC(C)=O)[C@H]([C@H](O)[C@H](O)CO)O1. The number of aliphatic hydroxyl groups excluding tert-OH is 5. The third-order valence-electron chi connectivity index (χ3n) is 8.03. The van der Waals surface area contributed by atoms with Gasteiger partial charge in [-0.15, -0.1) is 0 Å². The van der Waals surface area contributed by atoms with E-state index in [-0.39, 0.29) is 19.6 Å². The summed E-state index contributed by atoms with van der Waals surface area (Å²) < 4.78 is 16.5. The summed E-state index contributed by atoms with van der Waals surface area (Å²) in [5, 5.41) is 63.4. The second-order valence-electron chi connectivity index (χ2n) is 12.3. The number of carbonyl (C=O) groups excluding carboxylic acids is 1. The molecule has 1 rings (SSSR count). The number of hydrogen-bond donors (Lipinski definition) is 7. The van der Waals surface area contributed by atoms with Crippen LogP contribution in [0.15, 0.2) is 0 Å². The van der Waals surface area contributed by atoms with E-state index in [1.165, 1.54) is 96.8 Å². The van der Waals surface area contributed by atoms with E-state index >= 15 is 0 Å². The highest BCUT2D eigenvalue weighted by Crippen LogP contribution is 2.30. The topological polar surface area (TPSA) is 178 Å². The van der Waals surface area contributed by atoms with Crippen LogP contribution in [0.4, 0.5) is 0 Å². The van der Waals surface area contributed by atoms with E-state index in [2.05, 4.69) is 12.2 Å². The molecule has 1 fully saturated rings. The van der Waals surface area contributed by atoms with Gasteiger partial charge in [-0.3, -0.25) is 4.79 Å². The second-order valence-corrected chi connectivity index (χ2v) is 12.3. The van der Waals surface area contributed by atoms with Gasteiger partial charge in [0.25, 0.3) is 0 Å². The largest absolute Gasteiger partial charge is 0.394 e. The molecule has 0 radical (unpaired) electrons. The minimum atomic E-state index is -2.05. The Balaban J connectivity index is 2.10. The predicted octanol–water partition coefficient (Wildman–Crippen LogP) is 2.70. The van der Waals surface area contributed by atoms with E-state index in [0.717, 1.165) is 12.8 Å². The number of ether oxygens (including phenoxy) is 3. The van der Waals surface area contributed by atoms with Gasteiger partial charge in [-0.2, -0.15) is 0 Å². The quantitative estimate of drug-likeness (QED) is 0.0675. The lowest BCUT2D eigenvalue weighted by Crippen LogP contribution is -2.66. The predicted molar refractivity (Wildman–Crippen MR) is 164 cm³/mol. The summed E-state index contributed by atoms with van der Waals surface area (Å²) in [6.07, 6.45) is 13.5. The molecule has 1 aliphatic rings. The van der Waals surface area contributed by atoms with Crippen LogP contribution in [0.1, 0.15) is 123 Å².